The minimum Gasteiger partial charge on any atom is -0.438 e. The van der Waals surface area contributed by atoms with E-state index in [-0.39, 0.29) is 0 Å². The van der Waals surface area contributed by atoms with Crippen LogP contribution in [-0.2, 0) is 0 Å². The van der Waals surface area contributed by atoms with Gasteiger partial charge in [-0.3, -0.25) is 0 Å². The van der Waals surface area contributed by atoms with Crippen LogP contribution in [0.25, 0.3) is 0 Å². The van der Waals surface area contributed by atoms with Crippen LogP contribution in [-0.4, -0.2) is 9.97 Å². The van der Waals surface area contributed by atoms with E-state index in [0.29, 0.717) is 23.4 Å². The number of aromatic nitrogens is 2. The summed E-state index contributed by atoms with van der Waals surface area (Å²) in [6.45, 7) is 8.05. The molecule has 0 amide bonds. The van der Waals surface area contributed by atoms with Crippen LogP contribution in [0.15, 0.2) is 24.3 Å². The van der Waals surface area contributed by atoms with Crippen molar-refractivity contribution in [3.05, 3.63) is 41.2 Å². The van der Waals surface area contributed by atoms with Crippen molar-refractivity contribution in [2.75, 3.05) is 5.43 Å². The number of rotatable bonds is 5. The summed E-state index contributed by atoms with van der Waals surface area (Å²) in [7, 11) is 0. The highest BCUT2D eigenvalue weighted by atomic mass is 16.5. The molecule has 0 aliphatic heterocycles. The van der Waals surface area contributed by atoms with Gasteiger partial charge in [-0.1, -0.05) is 32.0 Å². The first-order chi connectivity index (χ1) is 10.1. The maximum absolute atomic E-state index is 6.04. The summed E-state index contributed by atoms with van der Waals surface area (Å²) in [4.78, 5) is 8.61. The predicted octanol–water partition coefficient (Wildman–Crippen LogP) is 3.68. The van der Waals surface area contributed by atoms with Gasteiger partial charge >= 0.3 is 0 Å². The Hall–Kier alpha value is -2.14. The highest BCUT2D eigenvalue weighted by Crippen LogP contribution is 2.33. The van der Waals surface area contributed by atoms with E-state index in [1.54, 1.807) is 0 Å². The number of anilines is 1. The number of ether oxygens (including phenoxy) is 1. The third kappa shape index (κ3) is 3.31. The van der Waals surface area contributed by atoms with Crippen LogP contribution in [0.4, 0.5) is 5.82 Å². The van der Waals surface area contributed by atoms with Gasteiger partial charge in [0.1, 0.15) is 17.4 Å². The van der Waals surface area contributed by atoms with Crippen LogP contribution >= 0.6 is 0 Å². The van der Waals surface area contributed by atoms with Crippen molar-refractivity contribution in [1.82, 2.24) is 9.97 Å². The number of benzene rings is 1. The zero-order valence-electron chi connectivity index (χ0n) is 13.0. The van der Waals surface area contributed by atoms with Crippen LogP contribution in [0.5, 0.6) is 11.6 Å². The van der Waals surface area contributed by atoms with Crippen LogP contribution in [0.2, 0.25) is 0 Å². The number of nitrogens with one attached hydrogen (secondary N) is 1. The zero-order chi connectivity index (χ0) is 15.4. The molecule has 5 heteroatoms. The van der Waals surface area contributed by atoms with Crippen molar-refractivity contribution in [2.45, 2.75) is 40.0 Å². The maximum Gasteiger partial charge on any atom is 0.227 e. The van der Waals surface area contributed by atoms with Crippen molar-refractivity contribution in [3.63, 3.8) is 0 Å². The first kappa shape index (κ1) is 15.3. The Kier molecular flexibility index (Phi) is 4.75. The molecule has 0 fully saturated rings. The Balaban J connectivity index is 2.41. The Morgan fingerprint density at radius 2 is 1.95 bits per heavy atom. The molecule has 21 heavy (non-hydrogen) atoms. The van der Waals surface area contributed by atoms with E-state index in [1.165, 1.54) is 5.56 Å². The second-order valence-electron chi connectivity index (χ2n) is 5.14. The summed E-state index contributed by atoms with van der Waals surface area (Å²) in [6, 6.07) is 8.05. The van der Waals surface area contributed by atoms with Gasteiger partial charge in [-0.2, -0.15) is 4.98 Å². The van der Waals surface area contributed by atoms with Gasteiger partial charge in [0.15, 0.2) is 0 Å². The number of hydrogen-bond acceptors (Lipinski definition) is 5. The summed E-state index contributed by atoms with van der Waals surface area (Å²) in [5.41, 5.74) is 4.55. The minimum atomic E-state index is 0.427. The number of aryl methyl sites for hydroxylation is 1. The van der Waals surface area contributed by atoms with Gasteiger partial charge < -0.3 is 10.2 Å². The molecule has 112 valence electrons. The standard InChI is InChI=1S/C16H22N4O/c1-5-10(2)13-8-6-7-9-14(13)21-16-11(3)15(20-17)18-12(4)19-16/h6-10H,5,17H2,1-4H3,(H,18,19,20). The van der Waals surface area contributed by atoms with E-state index >= 15 is 0 Å². The molecule has 0 saturated heterocycles. The molecule has 3 N–H and O–H groups in total. The Labute approximate surface area is 125 Å². The molecule has 1 unspecified atom stereocenters. The van der Waals surface area contributed by atoms with Gasteiger partial charge in [-0.25, -0.2) is 10.8 Å². The largest absolute Gasteiger partial charge is 0.438 e. The highest BCUT2D eigenvalue weighted by molar-refractivity contribution is 5.49. The minimum absolute atomic E-state index is 0.427. The Morgan fingerprint density at radius 3 is 2.62 bits per heavy atom. The predicted molar refractivity (Wildman–Crippen MR) is 84.5 cm³/mol. The molecule has 1 atom stereocenters. The summed E-state index contributed by atoms with van der Waals surface area (Å²) >= 11 is 0. The van der Waals surface area contributed by atoms with Crippen molar-refractivity contribution in [3.8, 4) is 11.6 Å². The number of para-hydroxylation sites is 1. The molecule has 0 aliphatic rings. The lowest BCUT2D eigenvalue weighted by atomic mass is 9.98. The van der Waals surface area contributed by atoms with Gasteiger partial charge in [0.05, 0.1) is 5.56 Å². The number of nitrogen functional groups attached to an aromatic ring is 1. The average molecular weight is 286 g/mol. The number of nitrogens with zero attached hydrogens (tertiary/aromatic N) is 2. The fraction of sp³-hybridized carbons (Fsp3) is 0.375. The zero-order valence-corrected chi connectivity index (χ0v) is 13.0. The van der Waals surface area contributed by atoms with Gasteiger partial charge in [0.25, 0.3) is 0 Å². The van der Waals surface area contributed by atoms with Crippen molar-refractivity contribution < 1.29 is 4.74 Å². The topological polar surface area (TPSA) is 73.1 Å². The quantitative estimate of drug-likeness (QED) is 0.648. The van der Waals surface area contributed by atoms with Crippen LogP contribution in [0.3, 0.4) is 0 Å². The van der Waals surface area contributed by atoms with Crippen molar-refractivity contribution >= 4 is 5.82 Å². The molecule has 1 heterocycles. The van der Waals surface area contributed by atoms with Gasteiger partial charge in [-0.05, 0) is 37.8 Å². The average Bonchev–Trinajstić information content (AvgIpc) is 2.50. The SMILES string of the molecule is CCC(C)c1ccccc1Oc1nc(C)nc(NN)c1C. The van der Waals surface area contributed by atoms with Crippen molar-refractivity contribution in [1.29, 1.82) is 0 Å². The molecule has 0 bridgehead atoms. The summed E-state index contributed by atoms with van der Waals surface area (Å²) < 4.78 is 6.04. The summed E-state index contributed by atoms with van der Waals surface area (Å²) in [5.74, 6) is 8.47. The Morgan fingerprint density at radius 1 is 1.24 bits per heavy atom. The monoisotopic (exact) mass is 286 g/mol. The third-order valence-corrected chi connectivity index (χ3v) is 3.62. The fourth-order valence-corrected chi connectivity index (χ4v) is 2.15. The fourth-order valence-electron chi connectivity index (χ4n) is 2.15. The molecule has 1 aromatic heterocycles. The lowest BCUT2D eigenvalue weighted by Crippen LogP contribution is -2.12. The molecule has 0 aliphatic carbocycles. The lowest BCUT2D eigenvalue weighted by molar-refractivity contribution is 0.446. The van der Waals surface area contributed by atoms with E-state index in [0.717, 1.165) is 17.7 Å². The smallest absolute Gasteiger partial charge is 0.227 e. The summed E-state index contributed by atoms with van der Waals surface area (Å²) in [5, 5.41) is 0. The summed E-state index contributed by atoms with van der Waals surface area (Å²) in [6.07, 6.45) is 1.05. The molecule has 1 aromatic carbocycles. The number of hydrazine groups is 1. The second-order valence-corrected chi connectivity index (χ2v) is 5.14. The molecule has 5 nitrogen and oxygen atoms in total. The van der Waals surface area contributed by atoms with E-state index in [4.69, 9.17) is 10.6 Å². The number of hydrogen-bond donors (Lipinski definition) is 2. The first-order valence-corrected chi connectivity index (χ1v) is 7.15. The van der Waals surface area contributed by atoms with Gasteiger partial charge in [0, 0.05) is 0 Å². The van der Waals surface area contributed by atoms with Crippen LogP contribution in [0.1, 0.15) is 43.1 Å². The molecule has 0 radical (unpaired) electrons. The van der Waals surface area contributed by atoms with Gasteiger partial charge in [-0.15, -0.1) is 0 Å². The van der Waals surface area contributed by atoms with Gasteiger partial charge in [0.2, 0.25) is 5.88 Å². The normalized spacial score (nSPS) is 12.0. The Bertz CT molecular complexity index is 628. The maximum atomic E-state index is 6.04. The first-order valence-electron chi connectivity index (χ1n) is 7.15. The van der Waals surface area contributed by atoms with Crippen LogP contribution < -0.4 is 16.0 Å². The third-order valence-electron chi connectivity index (χ3n) is 3.62. The molecule has 0 spiro atoms. The van der Waals surface area contributed by atoms with E-state index in [1.807, 2.05) is 32.0 Å². The lowest BCUT2D eigenvalue weighted by Gasteiger charge is -2.17. The van der Waals surface area contributed by atoms with Crippen LogP contribution in [0, 0.1) is 13.8 Å². The van der Waals surface area contributed by atoms with E-state index in [2.05, 4.69) is 35.3 Å². The molecule has 2 aromatic rings. The van der Waals surface area contributed by atoms with E-state index in [9.17, 15) is 0 Å². The van der Waals surface area contributed by atoms with Crippen molar-refractivity contribution in [2.24, 2.45) is 5.84 Å². The molecular weight excluding hydrogens is 264 g/mol. The molecule has 2 rings (SSSR count). The molecule has 0 saturated carbocycles. The van der Waals surface area contributed by atoms with E-state index < -0.39 is 0 Å². The molecular formula is C16H22N4O. The second kappa shape index (κ2) is 6.54. The number of nitrogens with two attached hydrogens (primary N) is 1. The highest BCUT2D eigenvalue weighted by Gasteiger charge is 2.14.